The number of hydrogen-bond donors (Lipinski definition) is 1. The van der Waals surface area contributed by atoms with Crippen LogP contribution >= 0.6 is 11.3 Å². The van der Waals surface area contributed by atoms with Gasteiger partial charge in [0, 0.05) is 18.0 Å². The summed E-state index contributed by atoms with van der Waals surface area (Å²) >= 11 is 1.28. The van der Waals surface area contributed by atoms with Gasteiger partial charge in [-0.25, -0.2) is 4.98 Å². The van der Waals surface area contributed by atoms with E-state index in [0.717, 1.165) is 11.3 Å². The molecular weight excluding hydrogens is 326 g/mol. The number of nitriles is 1. The van der Waals surface area contributed by atoms with Crippen molar-refractivity contribution in [3.8, 4) is 22.4 Å². The Morgan fingerprint density at radius 3 is 2.50 bits per heavy atom. The number of nitrogens with zero attached hydrogens (tertiary/aromatic N) is 2. The van der Waals surface area contributed by atoms with E-state index < -0.39 is 17.6 Å². The third-order valence-electron chi connectivity index (χ3n) is 3.13. The Morgan fingerprint density at radius 2 is 1.96 bits per heavy atom. The minimum absolute atomic E-state index is 0.0903. The standard InChI is InChI=1S/C17H17N3O3S/c1-10(2)23-12-6-4-11(5-7-12)17-20-14(9-24-17)15(21)13(8-18)16(22)19-3/h4-7,9-10,13H,1-3H3,(H,19,22)/t13-/m1/s1. The first kappa shape index (κ1) is 17.6. The zero-order valence-electron chi connectivity index (χ0n) is 13.6. The number of ketones is 1. The topological polar surface area (TPSA) is 92.1 Å². The van der Waals surface area contributed by atoms with Crippen LogP contribution in [-0.4, -0.2) is 29.8 Å². The highest BCUT2D eigenvalue weighted by atomic mass is 32.1. The lowest BCUT2D eigenvalue weighted by Gasteiger charge is -2.09. The molecular formula is C17H17N3O3S. The number of hydrogen-bond acceptors (Lipinski definition) is 6. The number of benzene rings is 1. The summed E-state index contributed by atoms with van der Waals surface area (Å²) in [6.07, 6.45) is 0.0903. The van der Waals surface area contributed by atoms with E-state index in [1.165, 1.54) is 18.4 Å². The molecule has 0 saturated carbocycles. The summed E-state index contributed by atoms with van der Waals surface area (Å²) < 4.78 is 5.58. The Bertz CT molecular complexity index is 775. The van der Waals surface area contributed by atoms with Gasteiger partial charge in [0.25, 0.3) is 0 Å². The fraction of sp³-hybridized carbons (Fsp3) is 0.294. The molecule has 24 heavy (non-hydrogen) atoms. The molecule has 1 heterocycles. The summed E-state index contributed by atoms with van der Waals surface area (Å²) in [7, 11) is 1.38. The molecule has 1 aromatic heterocycles. The average molecular weight is 343 g/mol. The van der Waals surface area contributed by atoms with Crippen molar-refractivity contribution < 1.29 is 14.3 Å². The second-order valence-corrected chi connectivity index (χ2v) is 6.13. The Balaban J connectivity index is 2.20. The van der Waals surface area contributed by atoms with Crippen LogP contribution in [0.5, 0.6) is 5.75 Å². The molecule has 0 fully saturated rings. The van der Waals surface area contributed by atoms with Gasteiger partial charge in [-0.05, 0) is 38.1 Å². The molecule has 0 bridgehead atoms. The van der Waals surface area contributed by atoms with Crippen molar-refractivity contribution in [2.75, 3.05) is 7.05 Å². The van der Waals surface area contributed by atoms with Gasteiger partial charge < -0.3 is 10.1 Å². The number of Topliss-reactive ketones (excluding diaryl/α,β-unsaturated/α-hetero) is 1. The summed E-state index contributed by atoms with van der Waals surface area (Å²) in [4.78, 5) is 28.1. The number of ether oxygens (including phenoxy) is 1. The maximum Gasteiger partial charge on any atom is 0.245 e. The van der Waals surface area contributed by atoms with Crippen LogP contribution in [0.4, 0.5) is 0 Å². The lowest BCUT2D eigenvalue weighted by atomic mass is 10.0. The fourth-order valence-electron chi connectivity index (χ4n) is 2.00. The molecule has 0 saturated heterocycles. The molecule has 1 amide bonds. The van der Waals surface area contributed by atoms with Crippen molar-refractivity contribution in [3.63, 3.8) is 0 Å². The molecule has 0 spiro atoms. The van der Waals surface area contributed by atoms with Gasteiger partial charge in [-0.15, -0.1) is 11.3 Å². The molecule has 1 aromatic carbocycles. The summed E-state index contributed by atoms with van der Waals surface area (Å²) in [6.45, 7) is 3.90. The zero-order chi connectivity index (χ0) is 17.7. The van der Waals surface area contributed by atoms with Gasteiger partial charge in [0.2, 0.25) is 11.7 Å². The van der Waals surface area contributed by atoms with Crippen LogP contribution in [0.25, 0.3) is 10.6 Å². The summed E-state index contributed by atoms with van der Waals surface area (Å²) in [5.74, 6) is -1.86. The lowest BCUT2D eigenvalue weighted by Crippen LogP contribution is -2.32. The Hall–Kier alpha value is -2.72. The highest BCUT2D eigenvalue weighted by Crippen LogP contribution is 2.27. The van der Waals surface area contributed by atoms with Crippen molar-refractivity contribution in [1.29, 1.82) is 5.26 Å². The van der Waals surface area contributed by atoms with Crippen molar-refractivity contribution >= 4 is 23.0 Å². The molecule has 0 aliphatic rings. The van der Waals surface area contributed by atoms with Gasteiger partial charge >= 0.3 is 0 Å². The van der Waals surface area contributed by atoms with Crippen LogP contribution in [-0.2, 0) is 4.79 Å². The maximum atomic E-state index is 12.2. The van der Waals surface area contributed by atoms with E-state index in [-0.39, 0.29) is 11.8 Å². The monoisotopic (exact) mass is 343 g/mol. The van der Waals surface area contributed by atoms with Gasteiger partial charge in [-0.2, -0.15) is 5.26 Å². The van der Waals surface area contributed by atoms with E-state index in [1.807, 2.05) is 38.1 Å². The Kier molecular flexibility index (Phi) is 5.66. The molecule has 0 aliphatic carbocycles. The van der Waals surface area contributed by atoms with Gasteiger partial charge in [-0.3, -0.25) is 9.59 Å². The zero-order valence-corrected chi connectivity index (χ0v) is 14.4. The van der Waals surface area contributed by atoms with Gasteiger partial charge in [-0.1, -0.05) is 0 Å². The van der Waals surface area contributed by atoms with E-state index in [9.17, 15) is 9.59 Å². The van der Waals surface area contributed by atoms with Crippen molar-refractivity contribution in [2.45, 2.75) is 20.0 Å². The Morgan fingerprint density at radius 1 is 1.29 bits per heavy atom. The molecule has 2 aromatic rings. The number of thiazole rings is 1. The van der Waals surface area contributed by atoms with Crippen molar-refractivity contribution in [1.82, 2.24) is 10.3 Å². The third-order valence-corrected chi connectivity index (χ3v) is 4.02. The predicted molar refractivity (Wildman–Crippen MR) is 90.8 cm³/mol. The molecule has 1 atom stereocenters. The normalized spacial score (nSPS) is 11.6. The van der Waals surface area contributed by atoms with Crippen LogP contribution in [0.2, 0.25) is 0 Å². The molecule has 0 radical (unpaired) electrons. The first-order valence-electron chi connectivity index (χ1n) is 7.34. The third kappa shape index (κ3) is 3.97. The molecule has 1 N–H and O–H groups in total. The van der Waals surface area contributed by atoms with Crippen molar-refractivity contribution in [2.24, 2.45) is 5.92 Å². The maximum absolute atomic E-state index is 12.2. The van der Waals surface area contributed by atoms with Crippen LogP contribution in [0, 0.1) is 17.2 Å². The summed E-state index contributed by atoms with van der Waals surface area (Å²) in [5, 5.41) is 13.5. The summed E-state index contributed by atoms with van der Waals surface area (Å²) in [6, 6.07) is 9.09. The van der Waals surface area contributed by atoms with Gasteiger partial charge in [0.05, 0.1) is 12.2 Å². The SMILES string of the molecule is CNC(=O)[C@H](C#N)C(=O)c1csc(-c2ccc(OC(C)C)cc2)n1. The number of amides is 1. The van der Waals surface area contributed by atoms with E-state index in [4.69, 9.17) is 10.00 Å². The minimum Gasteiger partial charge on any atom is -0.491 e. The number of aromatic nitrogens is 1. The van der Waals surface area contributed by atoms with Crippen molar-refractivity contribution in [3.05, 3.63) is 35.3 Å². The number of carbonyl (C=O) groups excluding carboxylic acids is 2. The number of carbonyl (C=O) groups is 2. The first-order valence-corrected chi connectivity index (χ1v) is 8.22. The van der Waals surface area contributed by atoms with Crippen LogP contribution in [0.3, 0.4) is 0 Å². The number of rotatable bonds is 6. The molecule has 6 nitrogen and oxygen atoms in total. The molecule has 124 valence electrons. The van der Waals surface area contributed by atoms with E-state index >= 15 is 0 Å². The van der Waals surface area contributed by atoms with Crippen LogP contribution in [0.15, 0.2) is 29.6 Å². The van der Waals surface area contributed by atoms with Gasteiger partial charge in [0.15, 0.2) is 5.92 Å². The predicted octanol–water partition coefficient (Wildman–Crippen LogP) is 2.67. The largest absolute Gasteiger partial charge is 0.491 e. The molecule has 7 heteroatoms. The highest BCUT2D eigenvalue weighted by molar-refractivity contribution is 7.13. The molecule has 2 rings (SSSR count). The minimum atomic E-state index is -1.38. The second kappa shape index (κ2) is 7.70. The first-order chi connectivity index (χ1) is 11.5. The molecule has 0 unspecified atom stereocenters. The lowest BCUT2D eigenvalue weighted by molar-refractivity contribution is -0.121. The highest BCUT2D eigenvalue weighted by Gasteiger charge is 2.28. The van der Waals surface area contributed by atoms with Crippen LogP contribution < -0.4 is 10.1 Å². The second-order valence-electron chi connectivity index (χ2n) is 5.27. The fourth-order valence-corrected chi connectivity index (χ4v) is 2.81. The smallest absolute Gasteiger partial charge is 0.245 e. The van der Waals surface area contributed by atoms with Crippen LogP contribution in [0.1, 0.15) is 24.3 Å². The van der Waals surface area contributed by atoms with E-state index in [1.54, 1.807) is 11.4 Å². The van der Waals surface area contributed by atoms with E-state index in [2.05, 4.69) is 10.3 Å². The van der Waals surface area contributed by atoms with Gasteiger partial charge in [0.1, 0.15) is 16.5 Å². The Labute approximate surface area is 144 Å². The number of nitrogens with one attached hydrogen (secondary N) is 1. The van der Waals surface area contributed by atoms with E-state index in [0.29, 0.717) is 5.01 Å². The molecule has 0 aliphatic heterocycles. The average Bonchev–Trinajstić information content (AvgIpc) is 3.05. The quantitative estimate of drug-likeness (QED) is 0.643. The summed E-state index contributed by atoms with van der Waals surface area (Å²) in [5.41, 5.74) is 0.955.